The first-order valence-corrected chi connectivity index (χ1v) is 8.25. The van der Waals surface area contributed by atoms with Crippen LogP contribution in [0.15, 0.2) is 46.4 Å². The lowest BCUT2D eigenvalue weighted by molar-refractivity contribution is 0.0500. The molecule has 0 amide bonds. The molecule has 1 heterocycles. The van der Waals surface area contributed by atoms with Gasteiger partial charge in [-0.25, -0.2) is 4.79 Å². The molecule has 6 heteroatoms. The van der Waals surface area contributed by atoms with Crippen LogP contribution in [0.3, 0.4) is 0 Å². The van der Waals surface area contributed by atoms with Crippen molar-refractivity contribution < 1.29 is 13.9 Å². The summed E-state index contributed by atoms with van der Waals surface area (Å²) in [6.45, 7) is 2.46. The van der Waals surface area contributed by atoms with Crippen molar-refractivity contribution >= 4 is 29.3 Å². The van der Waals surface area contributed by atoms with Gasteiger partial charge in [-0.1, -0.05) is 37.7 Å². The Labute approximate surface area is 151 Å². The normalized spacial score (nSPS) is 11.0. The van der Waals surface area contributed by atoms with Crippen molar-refractivity contribution in [1.29, 1.82) is 5.26 Å². The lowest BCUT2D eigenvalue weighted by Crippen LogP contribution is -2.09. The minimum Gasteiger partial charge on any atom is -0.462 e. The fourth-order valence-corrected chi connectivity index (χ4v) is 2.15. The van der Waals surface area contributed by atoms with Gasteiger partial charge in [-0.3, -0.25) is 0 Å². The number of ether oxygens (including phenoxy) is 1. The number of rotatable bonds is 7. The highest BCUT2D eigenvalue weighted by atomic mass is 32.1. The average Bonchev–Trinajstić information content (AvgIpc) is 3.08. The highest BCUT2D eigenvalue weighted by Gasteiger charge is 2.09. The zero-order valence-corrected chi connectivity index (χ0v) is 14.6. The summed E-state index contributed by atoms with van der Waals surface area (Å²) >= 11 is 4.79. The van der Waals surface area contributed by atoms with Crippen LogP contribution in [0.1, 0.15) is 35.9 Å². The molecule has 0 aliphatic carbocycles. The predicted octanol–water partition coefficient (Wildman–Crippen LogP) is 4.10. The summed E-state index contributed by atoms with van der Waals surface area (Å²) in [5.74, 6) is 0.748. The Hall–Kier alpha value is -2.91. The molecule has 0 spiro atoms. The van der Waals surface area contributed by atoms with E-state index < -0.39 is 0 Å². The number of carbonyl (C=O) groups excluding carboxylic acids is 1. The standard InChI is InChI=1S/C19H18N2O3S/c1-2-3-10-23-19(22)14-6-4-13(5-7-14)17-9-8-16(24-17)11-15(12-20)18(21)25/h4-9,11H,2-3,10H2,1H3,(H2,21,25)/b15-11+. The maximum absolute atomic E-state index is 11.9. The van der Waals surface area contributed by atoms with Crippen LogP contribution in [0.4, 0.5) is 0 Å². The van der Waals surface area contributed by atoms with Gasteiger partial charge in [0.25, 0.3) is 0 Å². The molecule has 1 aromatic carbocycles. The van der Waals surface area contributed by atoms with Gasteiger partial charge in [0.15, 0.2) is 0 Å². The summed E-state index contributed by atoms with van der Waals surface area (Å²) in [5, 5.41) is 8.97. The van der Waals surface area contributed by atoms with Crippen molar-refractivity contribution in [2.75, 3.05) is 6.61 Å². The summed E-state index contributed by atoms with van der Waals surface area (Å²) < 4.78 is 10.8. The maximum Gasteiger partial charge on any atom is 0.338 e. The second-order valence-electron chi connectivity index (χ2n) is 5.30. The van der Waals surface area contributed by atoms with Crippen molar-refractivity contribution in [3.63, 3.8) is 0 Å². The molecule has 2 rings (SSSR count). The highest BCUT2D eigenvalue weighted by Crippen LogP contribution is 2.24. The van der Waals surface area contributed by atoms with Crippen LogP contribution in [-0.2, 0) is 4.74 Å². The molecule has 25 heavy (non-hydrogen) atoms. The van der Waals surface area contributed by atoms with E-state index in [2.05, 4.69) is 0 Å². The summed E-state index contributed by atoms with van der Waals surface area (Å²) in [6.07, 6.45) is 3.32. The number of nitrogens with two attached hydrogens (primary N) is 1. The third-order valence-electron chi connectivity index (χ3n) is 3.44. The van der Waals surface area contributed by atoms with Crippen molar-refractivity contribution in [3.05, 3.63) is 53.3 Å². The molecule has 0 bridgehead atoms. The van der Waals surface area contributed by atoms with Gasteiger partial charge in [-0.15, -0.1) is 0 Å². The molecule has 0 saturated heterocycles. The molecule has 0 saturated carbocycles. The number of hydrogen-bond acceptors (Lipinski definition) is 5. The number of nitriles is 1. The second-order valence-corrected chi connectivity index (χ2v) is 5.74. The lowest BCUT2D eigenvalue weighted by Gasteiger charge is -2.04. The van der Waals surface area contributed by atoms with Gasteiger partial charge >= 0.3 is 5.97 Å². The van der Waals surface area contributed by atoms with Gasteiger partial charge in [0.1, 0.15) is 22.6 Å². The molecule has 128 valence electrons. The zero-order chi connectivity index (χ0) is 18.2. The average molecular weight is 354 g/mol. The quantitative estimate of drug-likeness (QED) is 0.265. The van der Waals surface area contributed by atoms with Gasteiger partial charge in [-0.2, -0.15) is 5.26 Å². The first-order valence-electron chi connectivity index (χ1n) is 7.84. The first kappa shape index (κ1) is 18.4. The molecule has 0 fully saturated rings. The van der Waals surface area contributed by atoms with Crippen LogP contribution in [0, 0.1) is 11.3 Å². The Morgan fingerprint density at radius 1 is 1.32 bits per heavy atom. The van der Waals surface area contributed by atoms with E-state index in [1.54, 1.807) is 36.4 Å². The number of unbranched alkanes of at least 4 members (excludes halogenated alkanes) is 1. The van der Waals surface area contributed by atoms with Crippen LogP contribution in [0.5, 0.6) is 0 Å². The minimum atomic E-state index is -0.335. The summed E-state index contributed by atoms with van der Waals surface area (Å²) in [5.41, 5.74) is 6.93. The van der Waals surface area contributed by atoms with Crippen molar-refractivity contribution in [1.82, 2.24) is 0 Å². The van der Waals surface area contributed by atoms with Crippen LogP contribution in [0.2, 0.25) is 0 Å². The van der Waals surface area contributed by atoms with E-state index in [0.29, 0.717) is 23.7 Å². The zero-order valence-electron chi connectivity index (χ0n) is 13.8. The topological polar surface area (TPSA) is 89.2 Å². The number of nitrogens with zero attached hydrogens (tertiary/aromatic N) is 1. The van der Waals surface area contributed by atoms with E-state index in [4.69, 9.17) is 32.4 Å². The molecule has 0 unspecified atom stereocenters. The number of thiocarbonyl (C=S) groups is 1. The van der Waals surface area contributed by atoms with Crippen molar-refractivity contribution in [3.8, 4) is 17.4 Å². The Morgan fingerprint density at radius 3 is 2.64 bits per heavy atom. The number of hydrogen-bond donors (Lipinski definition) is 1. The second kappa shape index (κ2) is 8.81. The van der Waals surface area contributed by atoms with Gasteiger partial charge in [0, 0.05) is 11.6 Å². The Kier molecular flexibility index (Phi) is 6.49. The molecular formula is C19H18N2O3S. The largest absolute Gasteiger partial charge is 0.462 e. The van der Waals surface area contributed by atoms with Crippen molar-refractivity contribution in [2.45, 2.75) is 19.8 Å². The van der Waals surface area contributed by atoms with Gasteiger partial charge < -0.3 is 14.9 Å². The summed E-state index contributed by atoms with van der Waals surface area (Å²) in [7, 11) is 0. The molecule has 1 aromatic heterocycles. The molecule has 2 aromatic rings. The van der Waals surface area contributed by atoms with Gasteiger partial charge in [0.05, 0.1) is 17.7 Å². The van der Waals surface area contributed by atoms with Crippen LogP contribution in [-0.4, -0.2) is 17.6 Å². The molecule has 5 nitrogen and oxygen atoms in total. The van der Waals surface area contributed by atoms with Gasteiger partial charge in [-0.05, 0) is 30.7 Å². The van der Waals surface area contributed by atoms with E-state index >= 15 is 0 Å². The van der Waals surface area contributed by atoms with E-state index in [9.17, 15) is 4.79 Å². The van der Waals surface area contributed by atoms with Crippen LogP contribution in [0.25, 0.3) is 17.4 Å². The fourth-order valence-electron chi connectivity index (χ4n) is 2.05. The predicted molar refractivity (Wildman–Crippen MR) is 99.7 cm³/mol. The van der Waals surface area contributed by atoms with E-state index in [0.717, 1.165) is 18.4 Å². The van der Waals surface area contributed by atoms with E-state index in [-0.39, 0.29) is 16.5 Å². The third-order valence-corrected chi connectivity index (χ3v) is 3.66. The fraction of sp³-hybridized carbons (Fsp3) is 0.211. The van der Waals surface area contributed by atoms with Crippen molar-refractivity contribution in [2.24, 2.45) is 5.73 Å². The molecule has 0 atom stereocenters. The van der Waals surface area contributed by atoms with Crippen LogP contribution >= 0.6 is 12.2 Å². The summed E-state index contributed by atoms with van der Waals surface area (Å²) in [6, 6.07) is 12.4. The first-order chi connectivity index (χ1) is 12.0. The molecule has 2 N–H and O–H groups in total. The number of esters is 1. The van der Waals surface area contributed by atoms with E-state index in [1.165, 1.54) is 6.08 Å². The molecule has 0 aliphatic heterocycles. The number of furan rings is 1. The molecule has 0 radical (unpaired) electrons. The highest BCUT2D eigenvalue weighted by molar-refractivity contribution is 7.80. The summed E-state index contributed by atoms with van der Waals surface area (Å²) in [4.78, 5) is 11.9. The minimum absolute atomic E-state index is 0.0198. The monoisotopic (exact) mass is 354 g/mol. The Balaban J connectivity index is 2.12. The van der Waals surface area contributed by atoms with Gasteiger partial charge in [0.2, 0.25) is 0 Å². The molecule has 0 aliphatic rings. The Bertz CT molecular complexity index is 829. The third kappa shape index (κ3) is 5.03. The maximum atomic E-state index is 11.9. The SMILES string of the molecule is CCCCOC(=O)c1ccc(-c2ccc(/C=C(\C#N)C(N)=S)o2)cc1. The number of benzene rings is 1. The lowest BCUT2D eigenvalue weighted by atomic mass is 10.1. The van der Waals surface area contributed by atoms with E-state index in [1.807, 2.05) is 13.0 Å². The van der Waals surface area contributed by atoms with Crippen LogP contribution < -0.4 is 5.73 Å². The Morgan fingerprint density at radius 2 is 2.04 bits per heavy atom. The molecular weight excluding hydrogens is 336 g/mol. The number of carbonyl (C=O) groups is 1. The smallest absolute Gasteiger partial charge is 0.338 e.